The molecule has 122 valence electrons. The normalized spacial score (nSPS) is 33.1. The highest BCUT2D eigenvalue weighted by molar-refractivity contribution is 5.89. The fourth-order valence-corrected chi connectivity index (χ4v) is 3.38. The summed E-state index contributed by atoms with van der Waals surface area (Å²) in [7, 11) is 1.29. The van der Waals surface area contributed by atoms with Crippen LogP contribution in [-0.2, 0) is 33.3 Å². The fraction of sp³-hybridized carbons (Fsp3) is 0.667. The van der Waals surface area contributed by atoms with Gasteiger partial charge in [-0.3, -0.25) is 9.59 Å². The van der Waals surface area contributed by atoms with Crippen molar-refractivity contribution in [3.05, 3.63) is 11.8 Å². The highest BCUT2D eigenvalue weighted by Gasteiger charge is 2.57. The summed E-state index contributed by atoms with van der Waals surface area (Å²) in [4.78, 5) is 34.6. The lowest BCUT2D eigenvalue weighted by Crippen LogP contribution is -2.48. The van der Waals surface area contributed by atoms with Crippen LogP contribution in [0.2, 0.25) is 0 Å². The lowest BCUT2D eigenvalue weighted by molar-refractivity contribution is -0.207. The molecule has 7 nitrogen and oxygen atoms in total. The van der Waals surface area contributed by atoms with E-state index in [9.17, 15) is 14.4 Å². The van der Waals surface area contributed by atoms with E-state index in [1.807, 2.05) is 0 Å². The van der Waals surface area contributed by atoms with Gasteiger partial charge >= 0.3 is 17.9 Å². The van der Waals surface area contributed by atoms with E-state index >= 15 is 0 Å². The molecule has 1 aliphatic carbocycles. The lowest BCUT2D eigenvalue weighted by Gasteiger charge is -2.39. The summed E-state index contributed by atoms with van der Waals surface area (Å²) in [6, 6.07) is 0. The Morgan fingerprint density at radius 3 is 2.50 bits per heavy atom. The molecule has 4 unspecified atom stereocenters. The van der Waals surface area contributed by atoms with Crippen molar-refractivity contribution in [2.75, 3.05) is 7.11 Å². The monoisotopic (exact) mass is 312 g/mol. The molecule has 0 bridgehead atoms. The van der Waals surface area contributed by atoms with Gasteiger partial charge in [-0.2, -0.15) is 0 Å². The van der Waals surface area contributed by atoms with E-state index in [1.54, 1.807) is 6.92 Å². The molecule has 22 heavy (non-hydrogen) atoms. The van der Waals surface area contributed by atoms with Gasteiger partial charge in [0.2, 0.25) is 0 Å². The first-order valence-corrected chi connectivity index (χ1v) is 7.09. The number of hydrogen-bond donors (Lipinski definition) is 0. The summed E-state index contributed by atoms with van der Waals surface area (Å²) < 4.78 is 20.8. The van der Waals surface area contributed by atoms with Crippen LogP contribution in [0.15, 0.2) is 11.8 Å². The van der Waals surface area contributed by atoms with Gasteiger partial charge in [-0.25, -0.2) is 4.79 Å². The number of carbonyl (C=O) groups excluding carboxylic acids is 3. The van der Waals surface area contributed by atoms with Crippen molar-refractivity contribution >= 4 is 17.9 Å². The van der Waals surface area contributed by atoms with Gasteiger partial charge in [-0.05, 0) is 19.8 Å². The molecule has 0 saturated heterocycles. The number of ether oxygens (including phenoxy) is 4. The summed E-state index contributed by atoms with van der Waals surface area (Å²) in [5.74, 6) is -2.15. The van der Waals surface area contributed by atoms with E-state index in [0.29, 0.717) is 18.4 Å². The van der Waals surface area contributed by atoms with Crippen LogP contribution >= 0.6 is 0 Å². The largest absolute Gasteiger partial charge is 0.466 e. The SMILES string of the molecule is COC(=O)C1=COC(OC(C)=O)C2C1CCC2(C)OC(C)=O. The number of rotatable bonds is 3. The zero-order chi connectivity index (χ0) is 16.5. The molecule has 0 aromatic heterocycles. The molecule has 7 heteroatoms. The first-order chi connectivity index (χ1) is 10.3. The average Bonchev–Trinajstić information content (AvgIpc) is 2.75. The highest BCUT2D eigenvalue weighted by Crippen LogP contribution is 2.50. The van der Waals surface area contributed by atoms with E-state index in [2.05, 4.69) is 0 Å². The van der Waals surface area contributed by atoms with Gasteiger partial charge in [-0.1, -0.05) is 0 Å². The molecular formula is C15H20O7. The molecule has 1 fully saturated rings. The van der Waals surface area contributed by atoms with Crippen LogP contribution in [0.3, 0.4) is 0 Å². The van der Waals surface area contributed by atoms with E-state index < -0.39 is 35.7 Å². The van der Waals surface area contributed by atoms with Crippen LogP contribution in [0.1, 0.15) is 33.6 Å². The second-order valence-corrected chi connectivity index (χ2v) is 5.76. The van der Waals surface area contributed by atoms with Gasteiger partial charge in [-0.15, -0.1) is 0 Å². The van der Waals surface area contributed by atoms with E-state index in [-0.39, 0.29) is 5.92 Å². The van der Waals surface area contributed by atoms with Crippen LogP contribution in [0.5, 0.6) is 0 Å². The fourth-order valence-electron chi connectivity index (χ4n) is 3.38. The van der Waals surface area contributed by atoms with Crippen molar-refractivity contribution in [1.82, 2.24) is 0 Å². The first-order valence-electron chi connectivity index (χ1n) is 7.09. The molecule has 0 aromatic carbocycles. The van der Waals surface area contributed by atoms with Gasteiger partial charge in [0.05, 0.1) is 24.9 Å². The van der Waals surface area contributed by atoms with Gasteiger partial charge in [0.1, 0.15) is 5.60 Å². The number of esters is 3. The molecule has 0 spiro atoms. The number of fused-ring (bicyclic) bond motifs is 1. The Morgan fingerprint density at radius 2 is 1.95 bits per heavy atom. The minimum absolute atomic E-state index is 0.255. The van der Waals surface area contributed by atoms with E-state index in [0.717, 1.165) is 0 Å². The maximum atomic E-state index is 11.9. The van der Waals surface area contributed by atoms with E-state index in [1.165, 1.54) is 27.2 Å². The van der Waals surface area contributed by atoms with Crippen molar-refractivity contribution in [3.63, 3.8) is 0 Å². The molecule has 1 aliphatic heterocycles. The summed E-state index contributed by atoms with van der Waals surface area (Å²) in [5, 5.41) is 0. The van der Waals surface area contributed by atoms with Crippen LogP contribution < -0.4 is 0 Å². The topological polar surface area (TPSA) is 88.1 Å². The van der Waals surface area contributed by atoms with Crippen molar-refractivity contribution < 1.29 is 33.3 Å². The summed E-state index contributed by atoms with van der Waals surface area (Å²) in [6.45, 7) is 4.36. The first kappa shape index (κ1) is 16.3. The summed E-state index contributed by atoms with van der Waals surface area (Å²) in [5.41, 5.74) is -0.503. The molecular weight excluding hydrogens is 292 g/mol. The molecule has 0 aromatic rings. The number of hydrogen-bond acceptors (Lipinski definition) is 7. The maximum Gasteiger partial charge on any atom is 0.337 e. The second-order valence-electron chi connectivity index (χ2n) is 5.76. The Morgan fingerprint density at radius 1 is 1.27 bits per heavy atom. The third kappa shape index (κ3) is 2.93. The van der Waals surface area contributed by atoms with Crippen LogP contribution in [0, 0.1) is 11.8 Å². The molecule has 2 aliphatic rings. The molecule has 0 amide bonds. The Bertz CT molecular complexity index is 524. The minimum atomic E-state index is -0.900. The standard InChI is InChI=1S/C15H20O7/c1-8(16)21-14-12-10(11(7-20-14)13(18)19-4)5-6-15(12,3)22-9(2)17/h7,10,12,14H,5-6H2,1-4H3. The third-order valence-electron chi connectivity index (χ3n) is 4.19. The van der Waals surface area contributed by atoms with Gasteiger partial charge in [0.25, 0.3) is 6.29 Å². The van der Waals surface area contributed by atoms with Crippen molar-refractivity contribution in [2.45, 2.75) is 45.5 Å². The Labute approximate surface area is 128 Å². The Hall–Kier alpha value is -2.05. The quantitative estimate of drug-likeness (QED) is 0.573. The maximum absolute atomic E-state index is 11.9. The molecule has 0 radical (unpaired) electrons. The molecule has 1 heterocycles. The third-order valence-corrected chi connectivity index (χ3v) is 4.19. The number of carbonyl (C=O) groups is 3. The highest BCUT2D eigenvalue weighted by atomic mass is 16.7. The molecule has 0 N–H and O–H groups in total. The van der Waals surface area contributed by atoms with Gasteiger partial charge in [0, 0.05) is 19.8 Å². The Kier molecular flexibility index (Phi) is 4.44. The van der Waals surface area contributed by atoms with Crippen LogP contribution in [0.4, 0.5) is 0 Å². The van der Waals surface area contributed by atoms with Crippen LogP contribution in [0.25, 0.3) is 0 Å². The predicted octanol–water partition coefficient (Wildman–Crippen LogP) is 1.31. The van der Waals surface area contributed by atoms with Crippen LogP contribution in [-0.4, -0.2) is 36.9 Å². The smallest absolute Gasteiger partial charge is 0.337 e. The van der Waals surface area contributed by atoms with Crippen molar-refractivity contribution in [2.24, 2.45) is 11.8 Å². The minimum Gasteiger partial charge on any atom is -0.466 e. The summed E-state index contributed by atoms with van der Waals surface area (Å²) >= 11 is 0. The molecule has 2 rings (SSSR count). The van der Waals surface area contributed by atoms with Gasteiger partial charge in [0.15, 0.2) is 0 Å². The lowest BCUT2D eigenvalue weighted by atomic mass is 9.81. The average molecular weight is 312 g/mol. The molecule has 4 atom stereocenters. The summed E-state index contributed by atoms with van der Waals surface area (Å²) in [6.07, 6.45) is 1.52. The van der Waals surface area contributed by atoms with Gasteiger partial charge < -0.3 is 18.9 Å². The van der Waals surface area contributed by atoms with E-state index in [4.69, 9.17) is 18.9 Å². The number of methoxy groups -OCH3 is 1. The van der Waals surface area contributed by atoms with Crippen molar-refractivity contribution in [1.29, 1.82) is 0 Å². The predicted molar refractivity (Wildman–Crippen MR) is 73.1 cm³/mol. The zero-order valence-corrected chi connectivity index (χ0v) is 13.1. The Balaban J connectivity index is 2.36. The second kappa shape index (κ2) is 5.98. The van der Waals surface area contributed by atoms with Crippen molar-refractivity contribution in [3.8, 4) is 0 Å². The zero-order valence-electron chi connectivity index (χ0n) is 13.1. The molecule has 1 saturated carbocycles.